The van der Waals surface area contributed by atoms with Crippen LogP contribution in [0.25, 0.3) is 11.0 Å². The number of rotatable bonds is 1. The van der Waals surface area contributed by atoms with E-state index >= 15 is 0 Å². The molecular weight excluding hydrogens is 292 g/mol. The summed E-state index contributed by atoms with van der Waals surface area (Å²) < 4.78 is 1.46. The highest BCUT2D eigenvalue weighted by molar-refractivity contribution is 6.36. The van der Waals surface area contributed by atoms with Gasteiger partial charge in [-0.05, 0) is 27.4 Å². The molecule has 0 radical (unpaired) electrons. The number of aryl methyl sites for hydroxylation is 1. The predicted molar refractivity (Wildman–Crippen MR) is 80.7 cm³/mol. The molecule has 1 N–H and O–H groups in total. The Morgan fingerprint density at radius 2 is 2.24 bits per heavy atom. The maximum absolute atomic E-state index is 6.31. The van der Waals surface area contributed by atoms with Gasteiger partial charge in [-0.1, -0.05) is 5.21 Å². The van der Waals surface area contributed by atoms with E-state index < -0.39 is 0 Å². The van der Waals surface area contributed by atoms with Gasteiger partial charge in [-0.2, -0.15) is 0 Å². The monoisotopic (exact) mass is 301 g/mol. The van der Waals surface area contributed by atoms with Crippen molar-refractivity contribution < 1.29 is 4.11 Å². The van der Waals surface area contributed by atoms with Crippen LogP contribution in [0, 0.1) is 0 Å². The van der Waals surface area contributed by atoms with E-state index in [1.807, 2.05) is 25.2 Å². The molecule has 0 saturated carbocycles. The third kappa shape index (κ3) is 1.92. The number of quaternary nitrogens is 1. The molecule has 4 rings (SSSR count). The zero-order valence-electron chi connectivity index (χ0n) is 11.0. The Morgan fingerprint density at radius 1 is 1.33 bits per heavy atom. The van der Waals surface area contributed by atoms with Crippen molar-refractivity contribution in [1.29, 1.82) is 0 Å². The van der Waals surface area contributed by atoms with Gasteiger partial charge in [-0.15, -0.1) is 10.1 Å². The molecule has 1 atom stereocenters. The van der Waals surface area contributed by atoms with Crippen molar-refractivity contribution in [2.24, 2.45) is 22.1 Å². The van der Waals surface area contributed by atoms with Gasteiger partial charge in [0.1, 0.15) is 11.7 Å². The van der Waals surface area contributed by atoms with Gasteiger partial charge in [-0.25, -0.2) is 4.68 Å². The van der Waals surface area contributed by atoms with Crippen LogP contribution in [0.4, 0.5) is 5.69 Å². The van der Waals surface area contributed by atoms with E-state index in [9.17, 15) is 0 Å². The summed E-state index contributed by atoms with van der Waals surface area (Å²) in [5, 5.41) is 15.5. The molecule has 104 valence electrons. The molecule has 0 bridgehead atoms. The minimum Gasteiger partial charge on any atom is -0.320 e. The van der Waals surface area contributed by atoms with Crippen molar-refractivity contribution >= 4 is 46.5 Å². The molecule has 0 amide bonds. The Bertz CT molecular complexity index is 861. The molecule has 3 heterocycles. The van der Waals surface area contributed by atoms with Gasteiger partial charge in [0.15, 0.2) is 6.20 Å². The lowest BCUT2D eigenvalue weighted by Crippen LogP contribution is -2.33. The fourth-order valence-corrected chi connectivity index (χ4v) is 2.34. The van der Waals surface area contributed by atoms with E-state index in [1.165, 1.54) is 0 Å². The fraction of sp³-hybridized carbons (Fsp3) is 0.0833. The van der Waals surface area contributed by atoms with Gasteiger partial charge in [0.25, 0.3) is 11.8 Å². The van der Waals surface area contributed by atoms with Gasteiger partial charge in [-0.3, -0.25) is 4.99 Å². The van der Waals surface area contributed by atoms with Crippen LogP contribution in [0.3, 0.4) is 0 Å². The van der Waals surface area contributed by atoms with E-state index in [-0.39, 0.29) is 4.11 Å². The first-order chi connectivity index (χ1) is 10.1. The number of nitrogens with zero attached hydrogens (tertiary/aromatic N) is 7. The number of nitrogens with one attached hydrogen (secondary N) is 1. The van der Waals surface area contributed by atoms with Gasteiger partial charge in [0, 0.05) is 12.7 Å². The number of amidine groups is 1. The zero-order chi connectivity index (χ0) is 14.4. The number of aromatic nitrogens is 3. The second-order valence-electron chi connectivity index (χ2n) is 4.61. The molecular formula is C12H10ClN8+. The molecule has 1 aromatic carbocycles. The Kier molecular flexibility index (Phi) is 2.44. The number of halogens is 1. The SMILES string of the molecule is Cn1nnc2ccc(NC3=N[N+]4(Cl)C=CN=CC4=N3)cc21. The third-order valence-electron chi connectivity index (χ3n) is 3.19. The summed E-state index contributed by atoms with van der Waals surface area (Å²) in [7, 11) is 1.84. The van der Waals surface area contributed by atoms with Crippen LogP contribution >= 0.6 is 11.8 Å². The quantitative estimate of drug-likeness (QED) is 0.812. The zero-order valence-corrected chi connectivity index (χ0v) is 11.7. The summed E-state index contributed by atoms with van der Waals surface area (Å²) in [6.45, 7) is 0. The Morgan fingerprint density at radius 3 is 3.10 bits per heavy atom. The largest absolute Gasteiger partial charge is 0.320 e. The van der Waals surface area contributed by atoms with Gasteiger partial charge >= 0.3 is 0 Å². The molecule has 1 unspecified atom stereocenters. The normalized spacial score (nSPS) is 23.1. The van der Waals surface area contributed by atoms with E-state index in [0.717, 1.165) is 16.7 Å². The average molecular weight is 302 g/mol. The summed E-state index contributed by atoms with van der Waals surface area (Å²) in [4.78, 5) is 8.32. The molecule has 0 fully saturated rings. The first-order valence-electron chi connectivity index (χ1n) is 6.19. The molecule has 2 aliphatic rings. The van der Waals surface area contributed by atoms with Crippen molar-refractivity contribution in [3.63, 3.8) is 0 Å². The summed E-state index contributed by atoms with van der Waals surface area (Å²) in [5.74, 6) is 0.970. The lowest BCUT2D eigenvalue weighted by atomic mass is 10.3. The Balaban J connectivity index is 1.68. The van der Waals surface area contributed by atoms with Crippen LogP contribution in [-0.4, -0.2) is 37.1 Å². The number of hydrogen-bond donors (Lipinski definition) is 1. The molecule has 21 heavy (non-hydrogen) atoms. The lowest BCUT2D eigenvalue weighted by Gasteiger charge is -2.12. The second-order valence-corrected chi connectivity index (χ2v) is 5.13. The third-order valence-corrected chi connectivity index (χ3v) is 3.55. The predicted octanol–water partition coefficient (Wildman–Crippen LogP) is 1.59. The maximum Gasteiger partial charge on any atom is 0.300 e. The molecule has 2 aliphatic heterocycles. The van der Waals surface area contributed by atoms with Crippen LogP contribution in [0.5, 0.6) is 0 Å². The number of guanidine groups is 1. The molecule has 2 aromatic rings. The number of anilines is 1. The lowest BCUT2D eigenvalue weighted by molar-refractivity contribution is -0.659. The number of hydrogen-bond acceptors (Lipinski definition) is 6. The highest BCUT2D eigenvalue weighted by Gasteiger charge is 2.39. The molecule has 8 nitrogen and oxygen atoms in total. The minimum atomic E-state index is -0.249. The summed E-state index contributed by atoms with van der Waals surface area (Å²) >= 11 is 6.31. The van der Waals surface area contributed by atoms with Gasteiger partial charge in [0.05, 0.1) is 11.7 Å². The standard InChI is InChI=1S/C12H10ClN8/c1-20-10-6-8(2-3-9(10)17-19-20)15-12-16-11-7-14-4-5-21(11,13)18-12/h2-7H,1H3,(H,15,18)/q+1. The highest BCUT2D eigenvalue weighted by Crippen LogP contribution is 2.25. The van der Waals surface area contributed by atoms with Crippen LogP contribution < -0.4 is 5.32 Å². The highest BCUT2D eigenvalue weighted by atomic mass is 35.5. The molecule has 1 aromatic heterocycles. The van der Waals surface area contributed by atoms with E-state index in [4.69, 9.17) is 11.8 Å². The molecule has 0 spiro atoms. The summed E-state index contributed by atoms with van der Waals surface area (Å²) in [5.41, 5.74) is 2.58. The summed E-state index contributed by atoms with van der Waals surface area (Å²) in [6.07, 6.45) is 4.81. The Labute approximate surface area is 124 Å². The topological polar surface area (TPSA) is 79.8 Å². The number of benzene rings is 1. The van der Waals surface area contributed by atoms with Crippen molar-refractivity contribution in [1.82, 2.24) is 15.0 Å². The first-order valence-corrected chi connectivity index (χ1v) is 6.53. The first kappa shape index (κ1) is 12.2. The molecule has 0 saturated heterocycles. The van der Waals surface area contributed by atoms with E-state index in [0.29, 0.717) is 11.8 Å². The Hall–Kier alpha value is -2.58. The second kappa shape index (κ2) is 4.21. The van der Waals surface area contributed by atoms with Crippen LogP contribution in [0.1, 0.15) is 0 Å². The van der Waals surface area contributed by atoms with Gasteiger partial charge in [0.2, 0.25) is 11.8 Å². The number of fused-ring (bicyclic) bond motifs is 2. The summed E-state index contributed by atoms with van der Waals surface area (Å²) in [6, 6.07) is 5.70. The van der Waals surface area contributed by atoms with Crippen molar-refractivity contribution in [3.8, 4) is 0 Å². The average Bonchev–Trinajstić information content (AvgIpc) is 2.99. The molecule has 0 aliphatic carbocycles. The van der Waals surface area contributed by atoms with Crippen LogP contribution in [0.15, 0.2) is 45.7 Å². The van der Waals surface area contributed by atoms with Gasteiger partial charge < -0.3 is 5.32 Å². The fourth-order valence-electron chi connectivity index (χ4n) is 2.14. The maximum atomic E-state index is 6.31. The minimum absolute atomic E-state index is 0.249. The van der Waals surface area contributed by atoms with Crippen molar-refractivity contribution in [2.45, 2.75) is 0 Å². The smallest absolute Gasteiger partial charge is 0.300 e. The van der Waals surface area contributed by atoms with E-state index in [2.05, 4.69) is 30.7 Å². The van der Waals surface area contributed by atoms with Crippen molar-refractivity contribution in [2.75, 3.05) is 5.32 Å². The van der Waals surface area contributed by atoms with E-state index in [1.54, 1.807) is 23.3 Å². The number of aliphatic imine (C=N–C) groups is 2. The van der Waals surface area contributed by atoms with Crippen molar-refractivity contribution in [3.05, 3.63) is 30.6 Å². The van der Waals surface area contributed by atoms with Crippen LogP contribution in [0.2, 0.25) is 0 Å². The van der Waals surface area contributed by atoms with Crippen LogP contribution in [-0.2, 0) is 7.05 Å². The molecule has 9 heteroatoms.